The number of rotatable bonds is 9. The lowest BCUT2D eigenvalue weighted by Gasteiger charge is -2.12. The van der Waals surface area contributed by atoms with Crippen LogP contribution in [0.5, 0.6) is 5.75 Å². The first-order chi connectivity index (χ1) is 19.4. The van der Waals surface area contributed by atoms with Gasteiger partial charge < -0.3 is 15.4 Å². The first kappa shape index (κ1) is 28.4. The maximum absolute atomic E-state index is 13.3. The monoisotopic (exact) mass is 570 g/mol. The van der Waals surface area contributed by atoms with E-state index in [4.69, 9.17) is 27.9 Å². The molecule has 8 heteroatoms. The minimum atomic E-state index is -0.588. The molecule has 0 spiro atoms. The van der Waals surface area contributed by atoms with Gasteiger partial charge in [0.25, 0.3) is 11.8 Å². The lowest BCUT2D eigenvalue weighted by atomic mass is 10.1. The van der Waals surface area contributed by atoms with Gasteiger partial charge in [-0.3, -0.25) is 14.4 Å². The minimum Gasteiger partial charge on any atom is -0.496 e. The van der Waals surface area contributed by atoms with Gasteiger partial charge in [-0.05, 0) is 72.3 Å². The Balaban J connectivity index is 1.52. The van der Waals surface area contributed by atoms with Crippen molar-refractivity contribution in [1.82, 2.24) is 5.32 Å². The maximum atomic E-state index is 13.3. The maximum Gasteiger partial charge on any atom is 0.272 e. The fraction of sp³-hybridized carbons (Fsp3) is 0.0312. The number of benzene rings is 4. The van der Waals surface area contributed by atoms with Gasteiger partial charge in [0, 0.05) is 22.4 Å². The molecule has 0 heterocycles. The molecule has 0 atom stereocenters. The molecule has 200 valence electrons. The van der Waals surface area contributed by atoms with E-state index in [0.717, 1.165) is 5.56 Å². The molecular formula is C32H24Cl2N2O4. The zero-order valence-electron chi connectivity index (χ0n) is 21.4. The van der Waals surface area contributed by atoms with Gasteiger partial charge in [0.2, 0.25) is 0 Å². The number of para-hydroxylation sites is 1. The zero-order valence-corrected chi connectivity index (χ0v) is 22.9. The van der Waals surface area contributed by atoms with Gasteiger partial charge in [-0.1, -0.05) is 71.7 Å². The van der Waals surface area contributed by atoms with E-state index in [9.17, 15) is 14.4 Å². The fourth-order valence-electron chi connectivity index (χ4n) is 3.71. The van der Waals surface area contributed by atoms with E-state index >= 15 is 0 Å². The van der Waals surface area contributed by atoms with E-state index < -0.39 is 11.8 Å². The highest BCUT2D eigenvalue weighted by Gasteiger charge is 2.16. The third kappa shape index (κ3) is 7.26. The summed E-state index contributed by atoms with van der Waals surface area (Å²) in [6.07, 6.45) is 4.59. The molecule has 0 aliphatic heterocycles. The second-order valence-electron chi connectivity index (χ2n) is 8.49. The van der Waals surface area contributed by atoms with Gasteiger partial charge in [-0.15, -0.1) is 0 Å². The number of allylic oxidation sites excluding steroid dienone is 1. The standard InChI is InChI=1S/C32H24Cl2N2O4/c1-40-29-13-6-5-8-22(29)16-19-28(37)21-14-17-25(18-15-21)35-32(39)27(20-24-11-7-12-26(33)30(24)34)36-31(38)23-9-3-2-4-10-23/h2-20H,1H3,(H,35,39)(H,36,38)/b19-16+,27-20-. The lowest BCUT2D eigenvalue weighted by Crippen LogP contribution is -2.30. The molecule has 0 saturated heterocycles. The summed E-state index contributed by atoms with van der Waals surface area (Å²) in [7, 11) is 1.57. The fourth-order valence-corrected chi connectivity index (χ4v) is 4.07. The molecule has 40 heavy (non-hydrogen) atoms. The van der Waals surface area contributed by atoms with E-state index in [1.165, 1.54) is 12.2 Å². The molecule has 0 bridgehead atoms. The van der Waals surface area contributed by atoms with Gasteiger partial charge in [-0.2, -0.15) is 0 Å². The van der Waals surface area contributed by atoms with Crippen LogP contribution in [0.15, 0.2) is 109 Å². The lowest BCUT2D eigenvalue weighted by molar-refractivity contribution is -0.113. The molecule has 2 N–H and O–H groups in total. The van der Waals surface area contributed by atoms with Crippen LogP contribution in [0, 0.1) is 0 Å². The van der Waals surface area contributed by atoms with Crippen LogP contribution < -0.4 is 15.4 Å². The Hall–Kier alpha value is -4.65. The van der Waals surface area contributed by atoms with Crippen LogP contribution in [-0.4, -0.2) is 24.7 Å². The molecule has 0 radical (unpaired) electrons. The molecule has 0 saturated carbocycles. The van der Waals surface area contributed by atoms with Crippen molar-refractivity contribution in [3.63, 3.8) is 0 Å². The van der Waals surface area contributed by atoms with E-state index in [-0.39, 0.29) is 16.5 Å². The smallest absolute Gasteiger partial charge is 0.272 e. The number of carbonyl (C=O) groups excluding carboxylic acids is 3. The van der Waals surface area contributed by atoms with Crippen LogP contribution in [0.4, 0.5) is 5.69 Å². The van der Waals surface area contributed by atoms with Crippen molar-refractivity contribution in [2.24, 2.45) is 0 Å². The number of carbonyl (C=O) groups is 3. The summed E-state index contributed by atoms with van der Waals surface area (Å²) in [5, 5.41) is 5.96. The highest BCUT2D eigenvalue weighted by molar-refractivity contribution is 6.43. The third-order valence-electron chi connectivity index (χ3n) is 5.79. The highest BCUT2D eigenvalue weighted by Crippen LogP contribution is 2.27. The Bertz CT molecular complexity index is 1600. The predicted molar refractivity (Wildman–Crippen MR) is 160 cm³/mol. The van der Waals surface area contributed by atoms with Crippen LogP contribution in [-0.2, 0) is 4.79 Å². The summed E-state index contributed by atoms with van der Waals surface area (Å²) < 4.78 is 5.31. The molecule has 4 rings (SSSR count). The normalized spacial score (nSPS) is 11.2. The van der Waals surface area contributed by atoms with Crippen LogP contribution >= 0.6 is 23.2 Å². The van der Waals surface area contributed by atoms with Gasteiger partial charge >= 0.3 is 0 Å². The molecule has 0 fully saturated rings. The predicted octanol–water partition coefficient (Wildman–Crippen LogP) is 7.31. The largest absolute Gasteiger partial charge is 0.496 e. The Morgan fingerprint density at radius 1 is 0.750 bits per heavy atom. The van der Waals surface area contributed by atoms with E-state index in [1.54, 1.807) is 86.0 Å². The van der Waals surface area contributed by atoms with Crippen molar-refractivity contribution < 1.29 is 19.1 Å². The average Bonchev–Trinajstić information content (AvgIpc) is 2.98. The molecule has 0 unspecified atom stereocenters. The Morgan fingerprint density at radius 3 is 2.15 bits per heavy atom. The Labute approximate surface area is 241 Å². The first-order valence-electron chi connectivity index (χ1n) is 12.1. The van der Waals surface area contributed by atoms with Crippen molar-refractivity contribution >= 4 is 58.6 Å². The molecule has 0 aliphatic carbocycles. The Kier molecular flexibility index (Phi) is 9.52. The van der Waals surface area contributed by atoms with Crippen LogP contribution in [0.1, 0.15) is 31.8 Å². The summed E-state index contributed by atoms with van der Waals surface area (Å²) >= 11 is 12.5. The number of ketones is 1. The molecule has 0 aliphatic rings. The topological polar surface area (TPSA) is 84.5 Å². The summed E-state index contributed by atoms with van der Waals surface area (Å²) in [5.74, 6) is -0.611. The number of hydrogen-bond acceptors (Lipinski definition) is 4. The molecule has 4 aromatic rings. The first-order valence-corrected chi connectivity index (χ1v) is 12.9. The second-order valence-corrected chi connectivity index (χ2v) is 9.28. The van der Waals surface area contributed by atoms with Crippen molar-refractivity contribution in [1.29, 1.82) is 0 Å². The van der Waals surface area contributed by atoms with Crippen LogP contribution in [0.2, 0.25) is 10.0 Å². The molecular weight excluding hydrogens is 547 g/mol. The van der Waals surface area contributed by atoms with E-state index in [1.807, 2.05) is 24.3 Å². The molecule has 4 aromatic carbocycles. The van der Waals surface area contributed by atoms with Crippen LogP contribution in [0.3, 0.4) is 0 Å². The quantitative estimate of drug-likeness (QED) is 0.163. The number of amides is 2. The van der Waals surface area contributed by atoms with Crippen molar-refractivity contribution in [3.05, 3.63) is 141 Å². The van der Waals surface area contributed by atoms with Crippen molar-refractivity contribution in [2.75, 3.05) is 12.4 Å². The van der Waals surface area contributed by atoms with Crippen molar-refractivity contribution in [2.45, 2.75) is 0 Å². The number of halogens is 2. The molecule has 2 amide bonds. The number of methoxy groups -OCH3 is 1. The van der Waals surface area contributed by atoms with Crippen molar-refractivity contribution in [3.8, 4) is 5.75 Å². The van der Waals surface area contributed by atoms with Gasteiger partial charge in [0.1, 0.15) is 11.4 Å². The number of hydrogen-bond donors (Lipinski definition) is 2. The summed E-state index contributed by atoms with van der Waals surface area (Å²) in [4.78, 5) is 38.8. The van der Waals surface area contributed by atoms with Crippen LogP contribution in [0.25, 0.3) is 12.2 Å². The minimum absolute atomic E-state index is 0.0436. The summed E-state index contributed by atoms with van der Waals surface area (Å²) in [5.41, 5.74) is 2.42. The molecule has 0 aromatic heterocycles. The third-order valence-corrected chi connectivity index (χ3v) is 6.62. The Morgan fingerprint density at radius 2 is 1.43 bits per heavy atom. The van der Waals surface area contributed by atoms with E-state index in [0.29, 0.717) is 33.1 Å². The van der Waals surface area contributed by atoms with Gasteiger partial charge in [0.05, 0.1) is 17.2 Å². The number of nitrogens with one attached hydrogen (secondary N) is 2. The van der Waals surface area contributed by atoms with Gasteiger partial charge in [0.15, 0.2) is 5.78 Å². The summed E-state index contributed by atoms with van der Waals surface area (Å²) in [6, 6.07) is 27.3. The van der Waals surface area contributed by atoms with E-state index in [2.05, 4.69) is 10.6 Å². The molecule has 6 nitrogen and oxygen atoms in total. The number of ether oxygens (including phenoxy) is 1. The number of anilines is 1. The SMILES string of the molecule is COc1ccccc1/C=C/C(=O)c1ccc(NC(=O)/C(=C/c2cccc(Cl)c2Cl)NC(=O)c2ccccc2)cc1. The average molecular weight is 571 g/mol. The second kappa shape index (κ2) is 13.4. The van der Waals surface area contributed by atoms with Gasteiger partial charge in [-0.25, -0.2) is 0 Å². The summed E-state index contributed by atoms with van der Waals surface area (Å²) in [6.45, 7) is 0. The highest BCUT2D eigenvalue weighted by atomic mass is 35.5. The zero-order chi connectivity index (χ0) is 28.5.